The molecule has 6 rings (SSSR count). The van der Waals surface area contributed by atoms with Crippen LogP contribution in [0.5, 0.6) is 0 Å². The number of fused-ring (bicyclic) bond motifs is 2. The van der Waals surface area contributed by atoms with E-state index in [1.165, 1.54) is 55.6 Å². The molecule has 0 amide bonds. The number of benzene rings is 4. The fourth-order valence-corrected chi connectivity index (χ4v) is 30.7. The Balaban J connectivity index is 1.47. The number of allylic oxidation sites excluding steroid dienone is 2. The maximum atomic E-state index is 2.66. The fraction of sp³-hybridized carbons (Fsp3) is 0.263. The van der Waals surface area contributed by atoms with Crippen LogP contribution in [0, 0.1) is 27.7 Å². The van der Waals surface area contributed by atoms with Gasteiger partial charge in [0.2, 0.25) is 0 Å². The van der Waals surface area contributed by atoms with E-state index in [-0.39, 0.29) is 0 Å². The molecule has 4 aromatic rings. The number of hydrogen-bond donors (Lipinski definition) is 0. The van der Waals surface area contributed by atoms with Gasteiger partial charge in [0.25, 0.3) is 0 Å². The zero-order chi connectivity index (χ0) is 28.3. The van der Waals surface area contributed by atoms with Gasteiger partial charge in [-0.3, -0.25) is 0 Å². The Morgan fingerprint density at radius 3 is 1.32 bits per heavy atom. The van der Waals surface area contributed by atoms with E-state index < -0.39 is 26.8 Å². The molecule has 4 aromatic carbocycles. The Morgan fingerprint density at radius 2 is 0.950 bits per heavy atom. The first kappa shape index (κ1) is 27.6. The first-order valence-corrected chi connectivity index (χ1v) is 24.8. The zero-order valence-corrected chi connectivity index (χ0v) is 28.9. The third-order valence-corrected chi connectivity index (χ3v) is 31.4. The van der Waals surface area contributed by atoms with Crippen molar-refractivity contribution in [2.45, 2.75) is 61.9 Å². The molecule has 0 spiro atoms. The molecule has 0 saturated heterocycles. The third-order valence-electron chi connectivity index (χ3n) is 9.23. The molecule has 2 aliphatic carbocycles. The quantitative estimate of drug-likeness (QED) is 0.196. The Hall–Kier alpha value is -2.54. The van der Waals surface area contributed by atoms with E-state index in [9.17, 15) is 0 Å². The van der Waals surface area contributed by atoms with Gasteiger partial charge in [-0.1, -0.05) is 0 Å². The average Bonchev–Trinajstić information content (AvgIpc) is 3.41. The fourth-order valence-electron chi connectivity index (χ4n) is 7.52. The second kappa shape index (κ2) is 10.7. The molecule has 2 heteroatoms. The molecular weight excluding hydrogens is 576 g/mol. The molecule has 0 aliphatic heterocycles. The summed E-state index contributed by atoms with van der Waals surface area (Å²) in [6.07, 6.45) is 5.12. The molecule has 0 saturated carbocycles. The third kappa shape index (κ3) is 4.62. The van der Waals surface area contributed by atoms with Gasteiger partial charge in [0.1, 0.15) is 0 Å². The van der Waals surface area contributed by atoms with E-state index in [1.807, 2.05) is 0 Å². The van der Waals surface area contributed by atoms with Crippen LogP contribution in [0.15, 0.2) is 83.9 Å². The molecule has 2 unspecified atom stereocenters. The van der Waals surface area contributed by atoms with Crippen LogP contribution in [0.1, 0.15) is 65.6 Å². The van der Waals surface area contributed by atoms with Crippen molar-refractivity contribution in [2.24, 2.45) is 0 Å². The number of hydrogen-bond acceptors (Lipinski definition) is 0. The van der Waals surface area contributed by atoms with E-state index in [4.69, 9.17) is 0 Å². The van der Waals surface area contributed by atoms with Gasteiger partial charge in [-0.15, -0.1) is 0 Å². The van der Waals surface area contributed by atoms with Crippen molar-refractivity contribution < 1.29 is 20.9 Å². The average molecular weight is 617 g/mol. The van der Waals surface area contributed by atoms with Crippen molar-refractivity contribution >= 4 is 18.1 Å². The van der Waals surface area contributed by atoms with Crippen LogP contribution in [0.25, 0.3) is 34.4 Å². The van der Waals surface area contributed by atoms with Crippen LogP contribution in [-0.2, 0) is 20.9 Å². The Morgan fingerprint density at radius 1 is 0.525 bits per heavy atom. The van der Waals surface area contributed by atoms with Gasteiger partial charge in [-0.2, -0.15) is 0 Å². The van der Waals surface area contributed by atoms with Gasteiger partial charge in [0, 0.05) is 0 Å². The van der Waals surface area contributed by atoms with Crippen molar-refractivity contribution in [1.82, 2.24) is 0 Å². The summed E-state index contributed by atoms with van der Waals surface area (Å²) < 4.78 is 1.33. The van der Waals surface area contributed by atoms with Crippen molar-refractivity contribution in [3.8, 4) is 22.3 Å². The Bertz CT molecular complexity index is 1580. The van der Waals surface area contributed by atoms with E-state index >= 15 is 0 Å². The summed E-state index contributed by atoms with van der Waals surface area (Å²) in [5.41, 5.74) is 20.5. The first-order chi connectivity index (χ1) is 19.2. The monoisotopic (exact) mass is 615 g/mol. The summed E-state index contributed by atoms with van der Waals surface area (Å²) in [5, 5.41) is 0. The molecule has 201 valence electrons. The molecule has 40 heavy (non-hydrogen) atoms. The molecule has 0 heterocycles. The molecule has 0 fully saturated rings. The maximum absolute atomic E-state index is 2.66. The summed E-state index contributed by atoms with van der Waals surface area (Å²) in [6, 6.07) is 28.2. The minimum atomic E-state index is -2.06. The predicted octanol–water partition coefficient (Wildman–Crippen LogP) is 10.5. The van der Waals surface area contributed by atoms with Crippen LogP contribution in [0.3, 0.4) is 0 Å². The molecule has 0 N–H and O–H groups in total. The van der Waals surface area contributed by atoms with Gasteiger partial charge in [0.15, 0.2) is 0 Å². The van der Waals surface area contributed by atoms with E-state index in [0.29, 0.717) is 7.25 Å². The van der Waals surface area contributed by atoms with Crippen LogP contribution in [0.4, 0.5) is 0 Å². The second-order valence-corrected chi connectivity index (χ2v) is 32.6. The predicted molar refractivity (Wildman–Crippen MR) is 174 cm³/mol. The van der Waals surface area contributed by atoms with Crippen molar-refractivity contribution in [2.75, 3.05) is 0 Å². The second-order valence-electron chi connectivity index (χ2n) is 12.6. The van der Waals surface area contributed by atoms with E-state index in [0.717, 1.165) is 0 Å². The van der Waals surface area contributed by atoms with Gasteiger partial charge < -0.3 is 0 Å². The van der Waals surface area contributed by atoms with Gasteiger partial charge in [-0.25, -0.2) is 0 Å². The molecule has 2 atom stereocenters. The minimum absolute atomic E-state index is 0.666. The molecule has 0 aromatic heterocycles. The van der Waals surface area contributed by atoms with Crippen LogP contribution < -0.4 is 0 Å². The van der Waals surface area contributed by atoms with Crippen LogP contribution >= 0.6 is 0 Å². The molecule has 2 aliphatic rings. The van der Waals surface area contributed by atoms with Crippen LogP contribution in [0.2, 0.25) is 13.1 Å². The van der Waals surface area contributed by atoms with E-state index in [1.54, 1.807) is 22.3 Å². The normalized spacial score (nSPS) is 17.5. The number of rotatable bonds is 5. The van der Waals surface area contributed by atoms with Crippen LogP contribution in [-0.4, -0.2) is 5.92 Å². The Labute approximate surface area is 250 Å². The molecule has 0 bridgehead atoms. The number of aryl methyl sites for hydroxylation is 4. The topological polar surface area (TPSA) is 0 Å². The summed E-state index contributed by atoms with van der Waals surface area (Å²) in [5.74, 6) is -0.884. The van der Waals surface area contributed by atoms with Crippen molar-refractivity contribution in [3.63, 3.8) is 0 Å². The van der Waals surface area contributed by atoms with Gasteiger partial charge >= 0.3 is 252 Å². The standard InChI is InChI=1S/2C18H17.C2H7Si.Zr/c2*1-12-7-8-16(14(3)9-12)17-6-4-5-15-10-13(2)11-18(15)17;1-3-2;/h2*4-11H,1-3H3;3H,1-2H3;. The zero-order valence-electron chi connectivity index (χ0n) is 25.3. The van der Waals surface area contributed by atoms with Gasteiger partial charge in [0.05, 0.1) is 0 Å². The first-order valence-electron chi connectivity index (χ1n) is 14.8. The summed E-state index contributed by atoms with van der Waals surface area (Å²) >= 11 is -2.06. The summed E-state index contributed by atoms with van der Waals surface area (Å²) in [7, 11) is 0. The molecule has 0 nitrogen and oxygen atoms in total. The van der Waals surface area contributed by atoms with Crippen molar-refractivity contribution in [3.05, 3.63) is 128 Å². The summed E-state index contributed by atoms with van der Waals surface area (Å²) in [4.78, 5) is 0. The molecular formula is C38H41SiZr. The van der Waals surface area contributed by atoms with Gasteiger partial charge in [-0.05, 0) is 0 Å². The molecule has 0 radical (unpaired) electrons. The Kier molecular flexibility index (Phi) is 7.39. The van der Waals surface area contributed by atoms with Crippen molar-refractivity contribution in [1.29, 1.82) is 0 Å². The SMILES string of the molecule is CC1=Cc2c(-c3ccc(C)cc3C)cccc2[CH]1[Zr]([CH]1C(C)=Cc2c(-c3ccc(C)cc3C)cccc21)[SiH](C)C. The van der Waals surface area contributed by atoms with E-state index in [2.05, 4.69) is 140 Å². The summed E-state index contributed by atoms with van der Waals surface area (Å²) in [6.45, 7) is 19.1.